The molecule has 0 bridgehead atoms. The van der Waals surface area contributed by atoms with Gasteiger partial charge >= 0.3 is 0 Å². The Morgan fingerprint density at radius 1 is 1.19 bits per heavy atom. The minimum atomic E-state index is 0.588. The van der Waals surface area contributed by atoms with Crippen LogP contribution in [0.15, 0.2) is 27.8 Å². The predicted octanol–water partition coefficient (Wildman–Crippen LogP) is 3.38. The van der Waals surface area contributed by atoms with Crippen LogP contribution in [0.1, 0.15) is 51.8 Å². The summed E-state index contributed by atoms with van der Waals surface area (Å²) in [6.07, 6.45) is 8.78. The Morgan fingerprint density at radius 3 is 2.73 bits per heavy atom. The molecule has 2 aromatic rings. The highest BCUT2D eigenvalue weighted by Crippen LogP contribution is 2.14. The van der Waals surface area contributed by atoms with E-state index in [1.165, 1.54) is 32.1 Å². The minimum absolute atomic E-state index is 0.588. The zero-order chi connectivity index (χ0) is 18.6. The van der Waals surface area contributed by atoms with Gasteiger partial charge in [0.05, 0.1) is 6.26 Å². The number of H-pyrrole nitrogens is 1. The zero-order valence-electron chi connectivity index (χ0n) is 16.2. The maximum Gasteiger partial charge on any atom is 0.216 e. The largest absolute Gasteiger partial charge is 0.461 e. The van der Waals surface area contributed by atoms with Gasteiger partial charge in [0.1, 0.15) is 5.82 Å². The first-order valence-corrected chi connectivity index (χ1v) is 9.58. The topological polar surface area (TPSA) is 91.1 Å². The van der Waals surface area contributed by atoms with Gasteiger partial charge < -0.3 is 15.1 Å². The number of aromatic amines is 1. The molecule has 0 aromatic carbocycles. The van der Waals surface area contributed by atoms with E-state index in [1.54, 1.807) is 13.3 Å². The lowest BCUT2D eigenvalue weighted by molar-refractivity contribution is 0.518. The maximum atomic E-state index is 5.29. The highest BCUT2D eigenvalue weighted by Gasteiger charge is 2.08. The molecule has 0 spiro atoms. The van der Waals surface area contributed by atoms with Gasteiger partial charge in [-0.15, -0.1) is 0 Å². The van der Waals surface area contributed by atoms with Gasteiger partial charge in [-0.3, -0.25) is 10.1 Å². The standard InChI is InChI=1S/C19H32N6O/c1-15(2)9-6-4-5-7-12-21-19(20-3)22-13-11-17-23-18(25-24-17)16-10-8-14-26-16/h8,10,14-15H,4-7,9,11-13H2,1-3H3,(H2,20,21,22)(H,23,24,25). The Morgan fingerprint density at radius 2 is 2.00 bits per heavy atom. The number of nitrogens with zero attached hydrogens (tertiary/aromatic N) is 3. The molecule has 2 aromatic heterocycles. The minimum Gasteiger partial charge on any atom is -0.461 e. The molecule has 0 fully saturated rings. The van der Waals surface area contributed by atoms with Crippen molar-refractivity contribution in [2.75, 3.05) is 20.1 Å². The Balaban J connectivity index is 1.57. The van der Waals surface area contributed by atoms with Gasteiger partial charge in [-0.2, -0.15) is 5.10 Å². The summed E-state index contributed by atoms with van der Waals surface area (Å²) < 4.78 is 5.29. The lowest BCUT2D eigenvalue weighted by atomic mass is 10.0. The van der Waals surface area contributed by atoms with Crippen molar-refractivity contribution in [3.8, 4) is 11.6 Å². The molecule has 0 amide bonds. The highest BCUT2D eigenvalue weighted by atomic mass is 16.3. The van der Waals surface area contributed by atoms with Crippen molar-refractivity contribution in [3.63, 3.8) is 0 Å². The van der Waals surface area contributed by atoms with Gasteiger partial charge in [-0.1, -0.05) is 39.5 Å². The van der Waals surface area contributed by atoms with Crippen LogP contribution in [0.2, 0.25) is 0 Å². The number of aliphatic imine (C=N–C) groups is 1. The average molecular weight is 361 g/mol. The summed E-state index contributed by atoms with van der Waals surface area (Å²) in [7, 11) is 1.79. The summed E-state index contributed by atoms with van der Waals surface area (Å²) in [5.41, 5.74) is 0. The molecule has 0 unspecified atom stereocenters. The molecule has 0 saturated heterocycles. The number of rotatable bonds is 11. The lowest BCUT2D eigenvalue weighted by Crippen LogP contribution is -2.38. The molecule has 26 heavy (non-hydrogen) atoms. The van der Waals surface area contributed by atoms with Crippen molar-refractivity contribution in [1.29, 1.82) is 0 Å². The second kappa shape index (κ2) is 11.3. The molecule has 144 valence electrons. The summed E-state index contributed by atoms with van der Waals surface area (Å²) in [4.78, 5) is 8.69. The van der Waals surface area contributed by atoms with Gasteiger partial charge in [0.25, 0.3) is 0 Å². The third-order valence-corrected chi connectivity index (χ3v) is 4.15. The number of hydrogen-bond donors (Lipinski definition) is 3. The Bertz CT molecular complexity index is 632. The summed E-state index contributed by atoms with van der Waals surface area (Å²) >= 11 is 0. The van der Waals surface area contributed by atoms with Gasteiger partial charge in [0, 0.05) is 26.6 Å². The smallest absolute Gasteiger partial charge is 0.216 e. The first-order chi connectivity index (χ1) is 12.7. The summed E-state index contributed by atoms with van der Waals surface area (Å²) in [5.74, 6) is 3.73. The molecule has 0 aliphatic rings. The van der Waals surface area contributed by atoms with Crippen molar-refractivity contribution < 1.29 is 4.42 Å². The van der Waals surface area contributed by atoms with Crippen LogP contribution in [0.3, 0.4) is 0 Å². The third-order valence-electron chi connectivity index (χ3n) is 4.15. The van der Waals surface area contributed by atoms with Gasteiger partial charge in [0.15, 0.2) is 11.7 Å². The van der Waals surface area contributed by atoms with Crippen LogP contribution < -0.4 is 10.6 Å². The number of nitrogens with one attached hydrogen (secondary N) is 3. The van der Waals surface area contributed by atoms with Crippen LogP contribution in [0.5, 0.6) is 0 Å². The first kappa shape index (κ1) is 20.0. The van der Waals surface area contributed by atoms with Gasteiger partial charge in [-0.05, 0) is 24.5 Å². The second-order valence-corrected chi connectivity index (χ2v) is 6.86. The number of unbranched alkanes of at least 4 members (excludes halogenated alkanes) is 3. The molecule has 3 N–H and O–H groups in total. The molecule has 2 heterocycles. The fourth-order valence-electron chi connectivity index (χ4n) is 2.68. The van der Waals surface area contributed by atoms with Gasteiger partial charge in [-0.25, -0.2) is 4.98 Å². The molecule has 0 radical (unpaired) electrons. The summed E-state index contributed by atoms with van der Waals surface area (Å²) in [5, 5.41) is 13.8. The van der Waals surface area contributed by atoms with E-state index in [4.69, 9.17) is 4.42 Å². The number of guanidine groups is 1. The molecule has 0 saturated carbocycles. The molecule has 7 nitrogen and oxygen atoms in total. The third kappa shape index (κ3) is 7.29. The lowest BCUT2D eigenvalue weighted by Gasteiger charge is -2.11. The van der Waals surface area contributed by atoms with Crippen molar-refractivity contribution in [3.05, 3.63) is 24.2 Å². The zero-order valence-corrected chi connectivity index (χ0v) is 16.2. The quantitative estimate of drug-likeness (QED) is 0.325. The molecule has 7 heteroatoms. The van der Waals surface area contributed by atoms with E-state index in [9.17, 15) is 0 Å². The molecule has 2 rings (SSSR count). The van der Waals surface area contributed by atoms with E-state index in [2.05, 4.69) is 44.7 Å². The van der Waals surface area contributed by atoms with Crippen molar-refractivity contribution >= 4 is 5.96 Å². The van der Waals surface area contributed by atoms with E-state index in [-0.39, 0.29) is 0 Å². The van der Waals surface area contributed by atoms with E-state index in [0.717, 1.165) is 37.2 Å². The Kier molecular flexibility index (Phi) is 8.72. The Hall–Kier alpha value is -2.31. The fourth-order valence-corrected chi connectivity index (χ4v) is 2.68. The summed E-state index contributed by atoms with van der Waals surface area (Å²) in [6, 6.07) is 3.67. The molecular formula is C19H32N6O. The molecule has 0 aliphatic carbocycles. The Labute approximate surface area is 156 Å². The van der Waals surface area contributed by atoms with Gasteiger partial charge in [0.2, 0.25) is 5.82 Å². The van der Waals surface area contributed by atoms with Crippen LogP contribution in [0.25, 0.3) is 11.6 Å². The predicted molar refractivity (Wildman–Crippen MR) is 105 cm³/mol. The van der Waals surface area contributed by atoms with Crippen molar-refractivity contribution in [2.24, 2.45) is 10.9 Å². The summed E-state index contributed by atoms with van der Waals surface area (Å²) in [6.45, 7) is 6.26. The monoisotopic (exact) mass is 360 g/mol. The number of furan rings is 1. The molecule has 0 atom stereocenters. The number of hydrogen-bond acceptors (Lipinski definition) is 4. The average Bonchev–Trinajstić information content (AvgIpc) is 3.30. The normalized spacial score (nSPS) is 11.9. The van der Waals surface area contributed by atoms with E-state index in [0.29, 0.717) is 11.6 Å². The van der Waals surface area contributed by atoms with Crippen molar-refractivity contribution in [1.82, 2.24) is 25.8 Å². The maximum absolute atomic E-state index is 5.29. The van der Waals surface area contributed by atoms with E-state index >= 15 is 0 Å². The molecule has 0 aliphatic heterocycles. The van der Waals surface area contributed by atoms with Crippen LogP contribution >= 0.6 is 0 Å². The fraction of sp³-hybridized carbons (Fsp3) is 0.632. The van der Waals surface area contributed by atoms with E-state index < -0.39 is 0 Å². The first-order valence-electron chi connectivity index (χ1n) is 9.58. The SMILES string of the molecule is CN=C(NCCCCCCC(C)C)NCCc1nc(-c2ccco2)n[nH]1. The highest BCUT2D eigenvalue weighted by molar-refractivity contribution is 5.79. The van der Waals surface area contributed by atoms with Crippen LogP contribution in [-0.2, 0) is 6.42 Å². The number of aromatic nitrogens is 3. The van der Waals surface area contributed by atoms with Crippen molar-refractivity contribution in [2.45, 2.75) is 52.4 Å². The van der Waals surface area contributed by atoms with E-state index in [1.807, 2.05) is 12.1 Å². The van der Waals surface area contributed by atoms with Crippen LogP contribution in [0.4, 0.5) is 0 Å². The molecular weight excluding hydrogens is 328 g/mol. The second-order valence-electron chi connectivity index (χ2n) is 6.86. The van der Waals surface area contributed by atoms with Crippen LogP contribution in [0, 0.1) is 5.92 Å². The van der Waals surface area contributed by atoms with Crippen LogP contribution in [-0.4, -0.2) is 41.3 Å².